The Morgan fingerprint density at radius 3 is 2.00 bits per heavy atom. The van der Waals surface area contributed by atoms with Gasteiger partial charge in [0.15, 0.2) is 0 Å². The molecule has 0 spiro atoms. The van der Waals surface area contributed by atoms with Crippen LogP contribution in [0.1, 0.15) is 19.8 Å². The summed E-state index contributed by atoms with van der Waals surface area (Å²) in [4.78, 5) is 10.0. The average molecular weight is 215 g/mol. The predicted molar refractivity (Wildman–Crippen MR) is 40.8 cm³/mol. The smallest absolute Gasteiger partial charge is 0.127 e. The fraction of sp³-hybridized carbons (Fsp3) is 0.375. The summed E-state index contributed by atoms with van der Waals surface area (Å²) < 4.78 is 0. The van der Waals surface area contributed by atoms with Crippen LogP contribution in [-0.2, 0) is 37.5 Å². The third-order valence-electron chi connectivity index (χ3n) is 0.529. The van der Waals surface area contributed by atoms with Gasteiger partial charge in [-0.15, -0.1) is 0 Å². The van der Waals surface area contributed by atoms with Crippen molar-refractivity contribution in [2.45, 2.75) is 19.8 Å². The molecular formula is C8H14OY-2. The average Bonchev–Trinajstić information content (AvgIpc) is 1.67. The zero-order chi connectivity index (χ0) is 7.70. The van der Waals surface area contributed by atoms with Crippen LogP contribution in [0.3, 0.4) is 0 Å². The molecule has 10 heavy (non-hydrogen) atoms. The number of allylic oxidation sites excluding steroid dienone is 1. The molecule has 0 unspecified atom stereocenters. The summed E-state index contributed by atoms with van der Waals surface area (Å²) in [5, 5.41) is 0. The third kappa shape index (κ3) is 39.9. The van der Waals surface area contributed by atoms with E-state index in [-0.39, 0.29) is 38.5 Å². The monoisotopic (exact) mass is 215 g/mol. The van der Waals surface area contributed by atoms with Gasteiger partial charge in [0.1, 0.15) is 5.78 Å². The molecule has 0 amide bonds. The Labute approximate surface area is 89.2 Å². The minimum Gasteiger partial charge on any atom is -0.343 e. The molecule has 0 aliphatic rings. The van der Waals surface area contributed by atoms with E-state index in [1.165, 1.54) is 6.08 Å². The summed E-state index contributed by atoms with van der Waals surface area (Å²) in [5.74, 6) is 0.227. The van der Waals surface area contributed by atoms with E-state index in [9.17, 15) is 4.79 Å². The molecule has 57 valence electrons. The molecule has 0 bridgehead atoms. The molecule has 0 saturated carbocycles. The molecule has 1 nitrogen and oxygen atoms in total. The maximum Gasteiger partial charge on any atom is 0.127 e. The number of hydrogen-bond acceptors (Lipinski definition) is 1. The summed E-state index contributed by atoms with van der Waals surface area (Å²) in [6, 6.07) is 0. The fourth-order valence-electron chi connectivity index (χ4n) is 0.249. The van der Waals surface area contributed by atoms with Gasteiger partial charge in [0.2, 0.25) is 0 Å². The van der Waals surface area contributed by atoms with Crippen LogP contribution in [0.5, 0.6) is 0 Å². The van der Waals surface area contributed by atoms with E-state index in [4.69, 9.17) is 0 Å². The third-order valence-corrected chi connectivity index (χ3v) is 0.529. The minimum atomic E-state index is 0. The predicted octanol–water partition coefficient (Wildman–Crippen LogP) is 2.19. The normalized spacial score (nSPS) is 6.20. The Balaban J connectivity index is -0.000000107. The van der Waals surface area contributed by atoms with Crippen molar-refractivity contribution in [3.63, 3.8) is 0 Å². The van der Waals surface area contributed by atoms with E-state index in [2.05, 4.69) is 20.4 Å². The minimum absolute atomic E-state index is 0. The van der Waals surface area contributed by atoms with Crippen molar-refractivity contribution in [1.82, 2.24) is 0 Å². The standard InChI is InChI=1S/C5H9O.C3H5.Y/c1-3-4-5(2)6;1-3-2;/h1,3-4H2,2H3;3H,1-2H2;/q2*-1;. The Morgan fingerprint density at radius 1 is 1.70 bits per heavy atom. The molecule has 0 heterocycles. The summed E-state index contributed by atoms with van der Waals surface area (Å²) >= 11 is 0. The zero-order valence-electron chi connectivity index (χ0n) is 6.60. The Hall–Kier alpha value is 0.384. The first-order chi connectivity index (χ1) is 4.18. The molecule has 0 atom stereocenters. The van der Waals surface area contributed by atoms with Crippen LogP contribution in [0.4, 0.5) is 0 Å². The Kier molecular flexibility index (Phi) is 27.1. The molecule has 0 N–H and O–H groups in total. The number of rotatable bonds is 2. The molecule has 0 aromatic rings. The van der Waals surface area contributed by atoms with E-state index >= 15 is 0 Å². The van der Waals surface area contributed by atoms with Gasteiger partial charge in [-0.1, -0.05) is 0 Å². The maximum absolute atomic E-state index is 10.0. The molecule has 0 aliphatic heterocycles. The van der Waals surface area contributed by atoms with Crippen molar-refractivity contribution >= 4 is 5.78 Å². The van der Waals surface area contributed by atoms with Gasteiger partial charge in [0.05, 0.1) is 0 Å². The number of carbonyl (C=O) groups is 1. The van der Waals surface area contributed by atoms with Gasteiger partial charge in [-0.3, -0.25) is 0 Å². The number of hydrogen-bond donors (Lipinski definition) is 0. The fourth-order valence-corrected chi connectivity index (χ4v) is 0.249. The van der Waals surface area contributed by atoms with Crippen LogP contribution < -0.4 is 0 Å². The van der Waals surface area contributed by atoms with Crippen molar-refractivity contribution in [2.24, 2.45) is 0 Å². The molecule has 0 aromatic carbocycles. The number of ketones is 1. The summed E-state index contributed by atoms with van der Waals surface area (Å²) in [6.07, 6.45) is 2.86. The van der Waals surface area contributed by atoms with Crippen LogP contribution in [0.25, 0.3) is 0 Å². The molecule has 0 rings (SSSR count). The second kappa shape index (κ2) is 16.2. The van der Waals surface area contributed by atoms with E-state index < -0.39 is 0 Å². The van der Waals surface area contributed by atoms with E-state index in [0.29, 0.717) is 6.42 Å². The van der Waals surface area contributed by atoms with Gasteiger partial charge in [-0.25, -0.2) is 19.6 Å². The van der Waals surface area contributed by atoms with Gasteiger partial charge >= 0.3 is 0 Å². The summed E-state index contributed by atoms with van der Waals surface area (Å²) in [5.41, 5.74) is 0. The van der Waals surface area contributed by atoms with E-state index in [0.717, 1.165) is 6.42 Å². The van der Waals surface area contributed by atoms with Crippen molar-refractivity contribution in [1.29, 1.82) is 0 Å². The largest absolute Gasteiger partial charge is 0.343 e. The molecule has 2 heteroatoms. The van der Waals surface area contributed by atoms with Crippen molar-refractivity contribution in [2.75, 3.05) is 0 Å². The maximum atomic E-state index is 10.0. The van der Waals surface area contributed by atoms with Crippen LogP contribution >= 0.6 is 0 Å². The van der Waals surface area contributed by atoms with Gasteiger partial charge < -0.3 is 11.7 Å². The summed E-state index contributed by atoms with van der Waals surface area (Å²) in [7, 11) is 0. The van der Waals surface area contributed by atoms with Crippen molar-refractivity contribution < 1.29 is 37.5 Å². The van der Waals surface area contributed by atoms with Crippen LogP contribution in [0, 0.1) is 13.8 Å². The van der Waals surface area contributed by atoms with Crippen LogP contribution in [0.2, 0.25) is 0 Å². The topological polar surface area (TPSA) is 17.1 Å². The SMILES string of the molecule is C=C[CH2-].[CH2-]CCC(C)=O.[Y]. The molecule has 0 aliphatic carbocycles. The zero-order valence-corrected chi connectivity index (χ0v) is 9.44. The van der Waals surface area contributed by atoms with Gasteiger partial charge in [-0.05, 0) is 13.3 Å². The first-order valence-corrected chi connectivity index (χ1v) is 2.87. The Bertz CT molecular complexity index is 79.3. The van der Waals surface area contributed by atoms with Crippen molar-refractivity contribution in [3.8, 4) is 0 Å². The second-order valence-electron chi connectivity index (χ2n) is 1.59. The van der Waals surface area contributed by atoms with Crippen molar-refractivity contribution in [3.05, 3.63) is 26.5 Å². The molecular weight excluding hydrogens is 201 g/mol. The molecule has 0 aromatic heterocycles. The molecule has 0 fully saturated rings. The van der Waals surface area contributed by atoms with Crippen LogP contribution in [-0.4, -0.2) is 5.78 Å². The number of carbonyl (C=O) groups excluding carboxylic acids is 1. The molecule has 0 saturated heterocycles. The number of Topliss-reactive ketones (excluding diaryl/α,β-unsaturated/α-hetero) is 1. The Morgan fingerprint density at radius 2 is 2.00 bits per heavy atom. The quantitative estimate of drug-likeness (QED) is 0.645. The first kappa shape index (κ1) is 16.8. The molecule has 1 radical (unpaired) electrons. The van der Waals surface area contributed by atoms with Gasteiger partial charge in [0, 0.05) is 32.7 Å². The summed E-state index contributed by atoms with van der Waals surface area (Å²) in [6.45, 7) is 11.6. The van der Waals surface area contributed by atoms with Crippen LogP contribution in [0.15, 0.2) is 12.7 Å². The first-order valence-electron chi connectivity index (χ1n) is 2.87. The van der Waals surface area contributed by atoms with Gasteiger partial charge in [0.25, 0.3) is 0 Å². The second-order valence-corrected chi connectivity index (χ2v) is 1.59. The van der Waals surface area contributed by atoms with E-state index in [1.807, 2.05) is 0 Å². The van der Waals surface area contributed by atoms with E-state index in [1.54, 1.807) is 6.92 Å². The van der Waals surface area contributed by atoms with Gasteiger partial charge in [-0.2, -0.15) is 6.42 Å².